The Labute approximate surface area is 134 Å². The summed E-state index contributed by atoms with van der Waals surface area (Å²) in [6.45, 7) is 1.97. The number of nitrogens with zero attached hydrogens (tertiary/aromatic N) is 4. The maximum Gasteiger partial charge on any atom is 0.435 e. The van der Waals surface area contributed by atoms with E-state index in [1.807, 2.05) is 0 Å². The lowest BCUT2D eigenvalue weighted by molar-refractivity contribution is -0.141. The van der Waals surface area contributed by atoms with Crippen molar-refractivity contribution in [3.05, 3.63) is 36.2 Å². The summed E-state index contributed by atoms with van der Waals surface area (Å²) in [5.74, 6) is 0.382. The minimum atomic E-state index is -4.62. The summed E-state index contributed by atoms with van der Waals surface area (Å²) in [5.41, 5.74) is -0.788. The molecule has 0 aliphatic carbocycles. The third-order valence-electron chi connectivity index (χ3n) is 3.36. The van der Waals surface area contributed by atoms with E-state index in [0.29, 0.717) is 11.3 Å². The summed E-state index contributed by atoms with van der Waals surface area (Å²) in [7, 11) is 1.48. The molecule has 0 atom stereocenters. The van der Waals surface area contributed by atoms with Gasteiger partial charge in [-0.1, -0.05) is 17.3 Å². The Hall–Kier alpha value is -2.84. The first-order chi connectivity index (χ1) is 11.4. The molecule has 3 aromatic rings. The quantitative estimate of drug-likeness (QED) is 0.726. The molecule has 0 spiro atoms. The summed E-state index contributed by atoms with van der Waals surface area (Å²) >= 11 is 0. The van der Waals surface area contributed by atoms with Gasteiger partial charge in [0.1, 0.15) is 5.75 Å². The molecular weight excluding hydrogens is 325 g/mol. The van der Waals surface area contributed by atoms with Crippen LogP contribution in [0.25, 0.3) is 22.8 Å². The third-order valence-corrected chi connectivity index (χ3v) is 3.36. The SMILES string of the molecule is CCn1cc(-c2nc(-c3ccccc3OC)no2)c(C(F)(F)F)n1. The van der Waals surface area contributed by atoms with Crippen molar-refractivity contribution in [2.75, 3.05) is 7.11 Å². The first-order valence-electron chi connectivity index (χ1n) is 7.06. The molecule has 3 rings (SSSR count). The number of methoxy groups -OCH3 is 1. The Morgan fingerprint density at radius 3 is 2.62 bits per heavy atom. The molecule has 2 heterocycles. The Bertz CT molecular complexity index is 855. The molecule has 6 nitrogen and oxygen atoms in total. The number of aromatic nitrogens is 4. The molecule has 0 N–H and O–H groups in total. The lowest BCUT2D eigenvalue weighted by Crippen LogP contribution is -2.08. The standard InChI is InChI=1S/C15H13F3N4O2/c1-3-22-8-10(12(20-22)15(16,17)18)14-19-13(21-24-14)9-6-4-5-7-11(9)23-2/h4-8H,3H2,1-2H3. The van der Waals surface area contributed by atoms with E-state index >= 15 is 0 Å². The van der Waals surface area contributed by atoms with Crippen LogP contribution in [0.3, 0.4) is 0 Å². The molecule has 126 valence electrons. The second-order valence-corrected chi connectivity index (χ2v) is 4.87. The lowest BCUT2D eigenvalue weighted by Gasteiger charge is -2.03. The highest BCUT2D eigenvalue weighted by molar-refractivity contribution is 5.66. The van der Waals surface area contributed by atoms with Gasteiger partial charge in [-0.05, 0) is 19.1 Å². The van der Waals surface area contributed by atoms with E-state index in [1.165, 1.54) is 18.0 Å². The van der Waals surface area contributed by atoms with Crippen molar-refractivity contribution >= 4 is 0 Å². The fourth-order valence-corrected chi connectivity index (χ4v) is 2.22. The van der Waals surface area contributed by atoms with Crippen molar-refractivity contribution in [1.82, 2.24) is 19.9 Å². The molecule has 0 fully saturated rings. The highest BCUT2D eigenvalue weighted by atomic mass is 19.4. The number of hydrogen-bond donors (Lipinski definition) is 0. The van der Waals surface area contributed by atoms with Gasteiger partial charge >= 0.3 is 6.18 Å². The smallest absolute Gasteiger partial charge is 0.435 e. The van der Waals surface area contributed by atoms with Gasteiger partial charge in [0.25, 0.3) is 5.89 Å². The number of benzene rings is 1. The highest BCUT2D eigenvalue weighted by Crippen LogP contribution is 2.36. The first-order valence-corrected chi connectivity index (χ1v) is 7.06. The summed E-state index contributed by atoms with van der Waals surface area (Å²) in [6.07, 6.45) is -3.38. The van der Waals surface area contributed by atoms with Crippen molar-refractivity contribution in [1.29, 1.82) is 0 Å². The van der Waals surface area contributed by atoms with E-state index in [2.05, 4.69) is 15.2 Å². The first kappa shape index (κ1) is 16.0. The molecule has 1 aromatic carbocycles. The molecule has 0 unspecified atom stereocenters. The Balaban J connectivity index is 2.07. The van der Waals surface area contributed by atoms with Crippen LogP contribution in [0.2, 0.25) is 0 Å². The lowest BCUT2D eigenvalue weighted by atomic mass is 10.2. The Morgan fingerprint density at radius 2 is 1.96 bits per heavy atom. The summed E-state index contributed by atoms with van der Waals surface area (Å²) < 4.78 is 50.8. The monoisotopic (exact) mass is 338 g/mol. The van der Waals surface area contributed by atoms with Gasteiger partial charge in [-0.15, -0.1) is 0 Å². The van der Waals surface area contributed by atoms with E-state index in [1.54, 1.807) is 31.2 Å². The second kappa shape index (κ2) is 5.99. The van der Waals surface area contributed by atoms with E-state index in [-0.39, 0.29) is 23.8 Å². The van der Waals surface area contributed by atoms with Crippen LogP contribution >= 0.6 is 0 Å². The second-order valence-electron chi connectivity index (χ2n) is 4.87. The topological polar surface area (TPSA) is 66.0 Å². The molecule has 0 amide bonds. The van der Waals surface area contributed by atoms with Crippen molar-refractivity contribution in [3.8, 4) is 28.6 Å². The molecule has 0 saturated heterocycles. The summed E-state index contributed by atoms with van der Waals surface area (Å²) in [6, 6.07) is 6.88. The van der Waals surface area contributed by atoms with Gasteiger partial charge in [0.2, 0.25) is 5.82 Å². The number of para-hydroxylation sites is 1. The van der Waals surface area contributed by atoms with Gasteiger partial charge in [-0.3, -0.25) is 4.68 Å². The average Bonchev–Trinajstić information content (AvgIpc) is 3.20. The zero-order valence-corrected chi connectivity index (χ0v) is 12.8. The molecule has 0 saturated carbocycles. The number of aryl methyl sites for hydroxylation is 1. The van der Waals surface area contributed by atoms with Gasteiger partial charge in [0.15, 0.2) is 5.69 Å². The maximum atomic E-state index is 13.1. The third kappa shape index (κ3) is 2.84. The highest BCUT2D eigenvalue weighted by Gasteiger charge is 2.39. The Kier molecular flexibility index (Phi) is 4.00. The van der Waals surface area contributed by atoms with Crippen LogP contribution in [0.15, 0.2) is 35.0 Å². The predicted octanol–water partition coefficient (Wildman–Crippen LogP) is 3.65. The van der Waals surface area contributed by atoms with Crippen LogP contribution in [0.5, 0.6) is 5.75 Å². The number of rotatable bonds is 4. The normalized spacial score (nSPS) is 11.7. The van der Waals surface area contributed by atoms with Gasteiger partial charge < -0.3 is 9.26 Å². The van der Waals surface area contributed by atoms with Crippen molar-refractivity contribution in [2.45, 2.75) is 19.6 Å². The fourth-order valence-electron chi connectivity index (χ4n) is 2.22. The van der Waals surface area contributed by atoms with E-state index in [0.717, 1.165) is 0 Å². The number of hydrogen-bond acceptors (Lipinski definition) is 5. The Morgan fingerprint density at radius 1 is 1.21 bits per heavy atom. The van der Waals surface area contributed by atoms with Crippen LogP contribution in [0.1, 0.15) is 12.6 Å². The molecule has 0 radical (unpaired) electrons. The molecule has 24 heavy (non-hydrogen) atoms. The maximum absolute atomic E-state index is 13.1. The van der Waals surface area contributed by atoms with E-state index in [4.69, 9.17) is 9.26 Å². The predicted molar refractivity (Wildman–Crippen MR) is 78.2 cm³/mol. The van der Waals surface area contributed by atoms with Crippen LogP contribution < -0.4 is 4.74 Å². The molecule has 0 aliphatic heterocycles. The largest absolute Gasteiger partial charge is 0.496 e. The zero-order chi connectivity index (χ0) is 17.3. The summed E-state index contributed by atoms with van der Waals surface area (Å²) in [5, 5.41) is 7.29. The average molecular weight is 338 g/mol. The number of ether oxygens (including phenoxy) is 1. The van der Waals surface area contributed by atoms with Crippen LogP contribution in [0.4, 0.5) is 13.2 Å². The summed E-state index contributed by atoms with van der Waals surface area (Å²) in [4.78, 5) is 4.07. The zero-order valence-electron chi connectivity index (χ0n) is 12.8. The molecular formula is C15H13F3N4O2. The molecule has 0 aliphatic rings. The molecule has 9 heteroatoms. The van der Waals surface area contributed by atoms with Crippen LogP contribution in [-0.4, -0.2) is 27.0 Å². The minimum Gasteiger partial charge on any atom is -0.496 e. The fraction of sp³-hybridized carbons (Fsp3) is 0.267. The molecule has 0 bridgehead atoms. The van der Waals surface area contributed by atoms with Gasteiger partial charge in [-0.2, -0.15) is 23.3 Å². The van der Waals surface area contributed by atoms with Crippen LogP contribution in [0, 0.1) is 0 Å². The number of halogens is 3. The van der Waals surface area contributed by atoms with Crippen LogP contribution in [-0.2, 0) is 12.7 Å². The van der Waals surface area contributed by atoms with E-state index < -0.39 is 11.9 Å². The minimum absolute atomic E-state index is 0.139. The van der Waals surface area contributed by atoms with Crippen molar-refractivity contribution in [3.63, 3.8) is 0 Å². The van der Waals surface area contributed by atoms with Gasteiger partial charge in [0.05, 0.1) is 18.2 Å². The molecule has 2 aromatic heterocycles. The number of alkyl halides is 3. The van der Waals surface area contributed by atoms with Crippen molar-refractivity contribution < 1.29 is 22.4 Å². The van der Waals surface area contributed by atoms with Gasteiger partial charge in [-0.25, -0.2) is 0 Å². The van der Waals surface area contributed by atoms with Crippen molar-refractivity contribution in [2.24, 2.45) is 0 Å². The van der Waals surface area contributed by atoms with E-state index in [9.17, 15) is 13.2 Å². The van der Waals surface area contributed by atoms with Gasteiger partial charge in [0, 0.05) is 12.7 Å².